The molecule has 1 aromatic rings. The standard InChI is InChI=1S/C18H31N3/c1-4-5-11-21-12-7-6-8-17(21)16-9-10-18(20-14-16)19-13-15(2)3/h9-10,14-15,17H,4-8,11-13H2,1-3H3,(H,19,20)/t17-/m0/s1. The molecule has 1 N–H and O–H groups in total. The molecule has 0 amide bonds. The van der Waals surface area contributed by atoms with Crippen LogP contribution in [0, 0.1) is 5.92 Å². The topological polar surface area (TPSA) is 28.2 Å². The molecule has 0 aromatic carbocycles. The van der Waals surface area contributed by atoms with Crippen LogP contribution in [0.3, 0.4) is 0 Å². The Morgan fingerprint density at radius 2 is 2.19 bits per heavy atom. The smallest absolute Gasteiger partial charge is 0.125 e. The quantitative estimate of drug-likeness (QED) is 0.802. The summed E-state index contributed by atoms with van der Waals surface area (Å²) in [5.74, 6) is 1.65. The van der Waals surface area contributed by atoms with E-state index in [2.05, 4.69) is 54.3 Å². The second-order valence-corrected chi connectivity index (χ2v) is 6.65. The van der Waals surface area contributed by atoms with Gasteiger partial charge in [-0.2, -0.15) is 0 Å². The fourth-order valence-corrected chi connectivity index (χ4v) is 3.01. The Morgan fingerprint density at radius 1 is 1.33 bits per heavy atom. The molecule has 0 saturated carbocycles. The summed E-state index contributed by atoms with van der Waals surface area (Å²) in [6.45, 7) is 10.2. The van der Waals surface area contributed by atoms with Crippen molar-refractivity contribution in [1.82, 2.24) is 9.88 Å². The van der Waals surface area contributed by atoms with Gasteiger partial charge in [-0.1, -0.05) is 39.7 Å². The van der Waals surface area contributed by atoms with E-state index in [4.69, 9.17) is 0 Å². The fraction of sp³-hybridized carbons (Fsp3) is 0.722. The first-order chi connectivity index (χ1) is 10.2. The van der Waals surface area contributed by atoms with Gasteiger partial charge in [-0.25, -0.2) is 4.98 Å². The molecule has 3 heteroatoms. The summed E-state index contributed by atoms with van der Waals surface area (Å²) in [5, 5.41) is 3.40. The average Bonchev–Trinajstić information content (AvgIpc) is 2.52. The number of rotatable bonds is 7. The number of pyridine rings is 1. The highest BCUT2D eigenvalue weighted by atomic mass is 15.2. The zero-order valence-corrected chi connectivity index (χ0v) is 13.9. The van der Waals surface area contributed by atoms with Crippen LogP contribution < -0.4 is 5.32 Å². The highest BCUT2D eigenvalue weighted by molar-refractivity contribution is 5.36. The number of piperidine rings is 1. The maximum Gasteiger partial charge on any atom is 0.125 e. The third-order valence-electron chi connectivity index (χ3n) is 4.28. The van der Waals surface area contributed by atoms with Crippen molar-refractivity contribution >= 4 is 5.82 Å². The van der Waals surface area contributed by atoms with Crippen LogP contribution in [0.4, 0.5) is 5.82 Å². The molecule has 1 aliphatic rings. The molecule has 1 atom stereocenters. The van der Waals surface area contributed by atoms with Crippen molar-refractivity contribution in [2.24, 2.45) is 5.92 Å². The minimum atomic E-state index is 0.581. The first kappa shape index (κ1) is 16.3. The van der Waals surface area contributed by atoms with Crippen LogP contribution in [0.1, 0.15) is 64.5 Å². The lowest BCUT2D eigenvalue weighted by molar-refractivity contribution is 0.146. The lowest BCUT2D eigenvalue weighted by Gasteiger charge is -2.36. The molecule has 0 spiro atoms. The number of unbranched alkanes of at least 4 members (excludes halogenated alkanes) is 1. The van der Waals surface area contributed by atoms with E-state index >= 15 is 0 Å². The maximum absolute atomic E-state index is 4.60. The van der Waals surface area contributed by atoms with Crippen LogP contribution in [-0.2, 0) is 0 Å². The van der Waals surface area contributed by atoms with E-state index in [1.807, 2.05) is 0 Å². The van der Waals surface area contributed by atoms with Crippen LogP contribution in [0.15, 0.2) is 18.3 Å². The Hall–Kier alpha value is -1.09. The summed E-state index contributed by atoms with van der Waals surface area (Å²) in [4.78, 5) is 7.26. The van der Waals surface area contributed by atoms with Gasteiger partial charge in [-0.05, 0) is 49.9 Å². The summed E-state index contributed by atoms with van der Waals surface area (Å²) >= 11 is 0. The van der Waals surface area contributed by atoms with Gasteiger partial charge in [0.25, 0.3) is 0 Å². The summed E-state index contributed by atoms with van der Waals surface area (Å²) in [6.07, 6.45) is 8.64. The molecule has 1 saturated heterocycles. The zero-order valence-electron chi connectivity index (χ0n) is 13.9. The first-order valence-corrected chi connectivity index (χ1v) is 8.64. The Labute approximate surface area is 130 Å². The van der Waals surface area contributed by atoms with Crippen molar-refractivity contribution in [3.05, 3.63) is 23.9 Å². The minimum Gasteiger partial charge on any atom is -0.370 e. The van der Waals surface area contributed by atoms with E-state index in [9.17, 15) is 0 Å². The lowest BCUT2D eigenvalue weighted by atomic mass is 9.96. The van der Waals surface area contributed by atoms with E-state index in [0.717, 1.165) is 12.4 Å². The van der Waals surface area contributed by atoms with Crippen molar-refractivity contribution < 1.29 is 0 Å². The van der Waals surface area contributed by atoms with Crippen molar-refractivity contribution in [3.63, 3.8) is 0 Å². The molecule has 1 aromatic heterocycles. The molecule has 21 heavy (non-hydrogen) atoms. The van der Waals surface area contributed by atoms with Gasteiger partial charge in [0.2, 0.25) is 0 Å². The number of nitrogens with one attached hydrogen (secondary N) is 1. The Bertz CT molecular complexity index is 399. The molecule has 1 aliphatic heterocycles. The Kier molecular flexibility index (Phi) is 6.50. The van der Waals surface area contributed by atoms with Gasteiger partial charge < -0.3 is 5.32 Å². The van der Waals surface area contributed by atoms with Gasteiger partial charge in [0.1, 0.15) is 5.82 Å². The number of hydrogen-bond donors (Lipinski definition) is 1. The summed E-state index contributed by atoms with van der Waals surface area (Å²) in [5.41, 5.74) is 1.39. The molecule has 0 radical (unpaired) electrons. The van der Waals surface area contributed by atoms with Crippen molar-refractivity contribution in [2.45, 2.75) is 58.9 Å². The number of likely N-dealkylation sites (tertiary alicyclic amines) is 1. The van der Waals surface area contributed by atoms with Crippen molar-refractivity contribution in [3.8, 4) is 0 Å². The fourth-order valence-electron chi connectivity index (χ4n) is 3.01. The highest BCUT2D eigenvalue weighted by Crippen LogP contribution is 2.31. The second-order valence-electron chi connectivity index (χ2n) is 6.65. The first-order valence-electron chi connectivity index (χ1n) is 8.64. The van der Waals surface area contributed by atoms with E-state index in [0.29, 0.717) is 12.0 Å². The third-order valence-corrected chi connectivity index (χ3v) is 4.28. The molecular formula is C18H31N3. The van der Waals surface area contributed by atoms with Crippen LogP contribution in [-0.4, -0.2) is 29.5 Å². The zero-order chi connectivity index (χ0) is 15.1. The van der Waals surface area contributed by atoms with Gasteiger partial charge in [-0.3, -0.25) is 4.90 Å². The molecule has 0 bridgehead atoms. The van der Waals surface area contributed by atoms with Gasteiger partial charge in [-0.15, -0.1) is 0 Å². The summed E-state index contributed by atoms with van der Waals surface area (Å²) in [7, 11) is 0. The minimum absolute atomic E-state index is 0.581. The van der Waals surface area contributed by atoms with Gasteiger partial charge >= 0.3 is 0 Å². The molecule has 2 heterocycles. The van der Waals surface area contributed by atoms with E-state index in [-0.39, 0.29) is 0 Å². The van der Waals surface area contributed by atoms with Crippen LogP contribution >= 0.6 is 0 Å². The van der Waals surface area contributed by atoms with E-state index < -0.39 is 0 Å². The third kappa shape index (κ3) is 4.99. The molecule has 2 rings (SSSR count). The largest absolute Gasteiger partial charge is 0.370 e. The van der Waals surface area contributed by atoms with E-state index in [1.54, 1.807) is 0 Å². The van der Waals surface area contributed by atoms with E-state index in [1.165, 1.54) is 50.8 Å². The van der Waals surface area contributed by atoms with Crippen LogP contribution in [0.2, 0.25) is 0 Å². The lowest BCUT2D eigenvalue weighted by Crippen LogP contribution is -2.34. The van der Waals surface area contributed by atoms with Crippen LogP contribution in [0.25, 0.3) is 0 Å². The molecule has 3 nitrogen and oxygen atoms in total. The Morgan fingerprint density at radius 3 is 2.86 bits per heavy atom. The molecule has 118 valence electrons. The molecule has 0 unspecified atom stereocenters. The number of nitrogens with zero attached hydrogens (tertiary/aromatic N) is 2. The predicted octanol–water partition coefficient (Wildman–Crippen LogP) is 4.48. The second kappa shape index (κ2) is 8.38. The average molecular weight is 289 g/mol. The van der Waals surface area contributed by atoms with Gasteiger partial charge in [0.05, 0.1) is 0 Å². The Balaban J connectivity index is 1.98. The maximum atomic E-state index is 4.60. The number of hydrogen-bond acceptors (Lipinski definition) is 3. The van der Waals surface area contributed by atoms with Crippen molar-refractivity contribution in [1.29, 1.82) is 0 Å². The number of aromatic nitrogens is 1. The normalized spacial score (nSPS) is 19.9. The molecular weight excluding hydrogens is 258 g/mol. The number of anilines is 1. The highest BCUT2D eigenvalue weighted by Gasteiger charge is 2.23. The van der Waals surface area contributed by atoms with Crippen LogP contribution in [0.5, 0.6) is 0 Å². The van der Waals surface area contributed by atoms with Gasteiger partial charge in [0, 0.05) is 18.8 Å². The summed E-state index contributed by atoms with van der Waals surface area (Å²) < 4.78 is 0. The molecule has 1 fully saturated rings. The SMILES string of the molecule is CCCCN1CCCC[C@H]1c1ccc(NCC(C)C)nc1. The molecule has 0 aliphatic carbocycles. The van der Waals surface area contributed by atoms with Crippen molar-refractivity contribution in [2.75, 3.05) is 25.0 Å². The summed E-state index contributed by atoms with van der Waals surface area (Å²) in [6, 6.07) is 4.99. The van der Waals surface area contributed by atoms with Gasteiger partial charge in [0.15, 0.2) is 0 Å². The predicted molar refractivity (Wildman–Crippen MR) is 90.6 cm³/mol. The monoisotopic (exact) mass is 289 g/mol.